The van der Waals surface area contributed by atoms with Crippen LogP contribution in [0.3, 0.4) is 0 Å². The molecule has 1 fully saturated rings. The van der Waals surface area contributed by atoms with Crippen molar-refractivity contribution >= 4 is 16.6 Å². The summed E-state index contributed by atoms with van der Waals surface area (Å²) in [5.74, 6) is 2.01. The molecule has 2 atom stereocenters. The number of fused-ring (bicyclic) bond motifs is 4. The molecule has 3 aromatic rings. The maximum absolute atomic E-state index is 5.62. The van der Waals surface area contributed by atoms with Gasteiger partial charge in [-0.15, -0.1) is 0 Å². The molecule has 2 aromatic carbocycles. The van der Waals surface area contributed by atoms with Crippen LogP contribution in [0.4, 0.5) is 0 Å². The molecule has 2 aliphatic rings. The molecule has 28 heavy (non-hydrogen) atoms. The summed E-state index contributed by atoms with van der Waals surface area (Å²) < 4.78 is 11.2. The number of methoxy groups -OCH3 is 2. The van der Waals surface area contributed by atoms with Gasteiger partial charge in [-0.05, 0) is 42.7 Å². The maximum atomic E-state index is 5.62. The van der Waals surface area contributed by atoms with E-state index in [1.807, 2.05) is 12.3 Å². The molecule has 0 N–H and O–H groups in total. The fraction of sp³-hybridized carbons (Fsp3) is 0.333. The van der Waals surface area contributed by atoms with E-state index in [-0.39, 0.29) is 0 Å². The monoisotopic (exact) mass is 372 g/mol. The van der Waals surface area contributed by atoms with Gasteiger partial charge in [0.2, 0.25) is 0 Å². The van der Waals surface area contributed by atoms with Crippen molar-refractivity contribution in [3.63, 3.8) is 0 Å². The average Bonchev–Trinajstić information content (AvgIpc) is 2.77. The minimum Gasteiger partial charge on any atom is -0.493 e. The van der Waals surface area contributed by atoms with Gasteiger partial charge in [-0.1, -0.05) is 31.0 Å². The third kappa shape index (κ3) is 2.67. The highest BCUT2D eigenvalue weighted by Crippen LogP contribution is 2.45. The molecule has 0 amide bonds. The first-order valence-electron chi connectivity index (χ1n) is 9.98. The third-order valence-corrected chi connectivity index (χ3v) is 6.14. The molecular weight excluding hydrogens is 348 g/mol. The lowest BCUT2D eigenvalue weighted by Gasteiger charge is -2.36. The molecule has 0 radical (unpaired) electrons. The molecule has 4 nitrogen and oxygen atoms in total. The van der Waals surface area contributed by atoms with Crippen molar-refractivity contribution in [1.29, 1.82) is 0 Å². The quantitative estimate of drug-likeness (QED) is 0.640. The van der Waals surface area contributed by atoms with Crippen molar-refractivity contribution in [2.24, 2.45) is 4.99 Å². The lowest BCUT2D eigenvalue weighted by molar-refractivity contribution is 0.349. The van der Waals surface area contributed by atoms with Gasteiger partial charge in [-0.25, -0.2) is 0 Å². The Morgan fingerprint density at radius 2 is 1.68 bits per heavy atom. The van der Waals surface area contributed by atoms with E-state index < -0.39 is 0 Å². The van der Waals surface area contributed by atoms with Crippen LogP contribution in [0.15, 0.2) is 53.7 Å². The van der Waals surface area contributed by atoms with E-state index in [1.54, 1.807) is 14.2 Å². The smallest absolute Gasteiger partial charge is 0.161 e. The van der Waals surface area contributed by atoms with Gasteiger partial charge in [0, 0.05) is 28.6 Å². The van der Waals surface area contributed by atoms with Gasteiger partial charge >= 0.3 is 0 Å². The van der Waals surface area contributed by atoms with E-state index >= 15 is 0 Å². The summed E-state index contributed by atoms with van der Waals surface area (Å²) in [5.41, 5.74) is 5.70. The predicted molar refractivity (Wildman–Crippen MR) is 112 cm³/mol. The van der Waals surface area contributed by atoms with Gasteiger partial charge in [0.15, 0.2) is 11.5 Å². The van der Waals surface area contributed by atoms with Gasteiger partial charge in [-0.2, -0.15) is 0 Å². The standard InChI is InChI=1S/C24H24N2O2/c1-27-22-13-18-16-8-4-6-10-21(16)26-24(19(18)14-23(22)28-2)17-11-12-25-20-9-5-3-7-15(17)20/h3,5,7,9,11-14,16,21H,4,6,8,10H2,1-2H3/t16-,21-/m1/s1. The first-order chi connectivity index (χ1) is 13.8. The van der Waals surface area contributed by atoms with Crippen LogP contribution in [-0.4, -0.2) is 31.0 Å². The Bertz CT molecular complexity index is 1070. The number of aromatic nitrogens is 1. The van der Waals surface area contributed by atoms with Crippen molar-refractivity contribution in [3.8, 4) is 11.5 Å². The minimum absolute atomic E-state index is 0.335. The summed E-state index contributed by atoms with van der Waals surface area (Å²) in [4.78, 5) is 9.82. The summed E-state index contributed by atoms with van der Waals surface area (Å²) in [5, 5.41) is 1.14. The molecule has 0 bridgehead atoms. The topological polar surface area (TPSA) is 43.7 Å². The highest BCUT2D eigenvalue weighted by atomic mass is 16.5. The molecule has 0 spiro atoms. The van der Waals surface area contributed by atoms with Crippen LogP contribution >= 0.6 is 0 Å². The number of pyridine rings is 1. The molecule has 0 unspecified atom stereocenters. The second kappa shape index (κ2) is 6.93. The predicted octanol–water partition coefficient (Wildman–Crippen LogP) is 5.13. The number of hydrogen-bond donors (Lipinski definition) is 0. The van der Waals surface area contributed by atoms with Crippen molar-refractivity contribution in [1.82, 2.24) is 4.98 Å². The number of aliphatic imine (C=N–C) groups is 1. The molecule has 0 saturated heterocycles. The zero-order valence-corrected chi connectivity index (χ0v) is 16.3. The van der Waals surface area contributed by atoms with Crippen LogP contribution in [0.5, 0.6) is 11.5 Å². The maximum Gasteiger partial charge on any atom is 0.161 e. The Labute approximate surface area is 165 Å². The second-order valence-corrected chi connectivity index (χ2v) is 7.61. The molecule has 4 heteroatoms. The van der Waals surface area contributed by atoms with Gasteiger partial charge < -0.3 is 9.47 Å². The van der Waals surface area contributed by atoms with Crippen LogP contribution in [0.25, 0.3) is 10.9 Å². The van der Waals surface area contributed by atoms with Gasteiger partial charge in [-0.3, -0.25) is 9.98 Å². The van der Waals surface area contributed by atoms with E-state index in [4.69, 9.17) is 14.5 Å². The SMILES string of the molecule is COc1cc2c(cc1OC)[C@H]1CCCC[C@H]1N=C2c1ccnc2ccccc12. The summed E-state index contributed by atoms with van der Waals surface area (Å²) in [6, 6.07) is 15.0. The van der Waals surface area contributed by atoms with Crippen LogP contribution in [0, 0.1) is 0 Å². The number of rotatable bonds is 3. The Kier molecular flexibility index (Phi) is 4.27. The van der Waals surface area contributed by atoms with Gasteiger partial charge in [0.05, 0.1) is 31.5 Å². The lowest BCUT2D eigenvalue weighted by atomic mass is 9.74. The van der Waals surface area contributed by atoms with Crippen LogP contribution in [-0.2, 0) is 0 Å². The van der Waals surface area contributed by atoms with Gasteiger partial charge in [0.1, 0.15) is 0 Å². The van der Waals surface area contributed by atoms with Crippen LogP contribution in [0.2, 0.25) is 0 Å². The van der Waals surface area contributed by atoms with Crippen molar-refractivity contribution in [2.45, 2.75) is 37.6 Å². The Morgan fingerprint density at radius 3 is 2.54 bits per heavy atom. The number of ether oxygens (including phenoxy) is 2. The summed E-state index contributed by atoms with van der Waals surface area (Å²) >= 11 is 0. The van der Waals surface area contributed by atoms with Gasteiger partial charge in [0.25, 0.3) is 0 Å². The fourth-order valence-corrected chi connectivity index (χ4v) is 4.79. The molecule has 142 valence electrons. The van der Waals surface area contributed by atoms with Crippen molar-refractivity contribution < 1.29 is 9.47 Å². The van der Waals surface area contributed by atoms with E-state index in [0.29, 0.717) is 12.0 Å². The molecule has 1 aliphatic heterocycles. The van der Waals surface area contributed by atoms with E-state index in [1.165, 1.54) is 24.8 Å². The highest BCUT2D eigenvalue weighted by molar-refractivity contribution is 6.20. The first-order valence-corrected chi connectivity index (χ1v) is 9.98. The van der Waals surface area contributed by atoms with Crippen molar-refractivity contribution in [2.75, 3.05) is 14.2 Å². The number of hydrogen-bond acceptors (Lipinski definition) is 4. The molecular formula is C24H24N2O2. The van der Waals surface area contributed by atoms with Crippen LogP contribution < -0.4 is 9.47 Å². The Morgan fingerprint density at radius 1 is 0.893 bits per heavy atom. The summed E-state index contributed by atoms with van der Waals surface area (Å²) in [7, 11) is 3.39. The number of nitrogens with zero attached hydrogens (tertiary/aromatic N) is 2. The number of para-hydroxylation sites is 1. The first kappa shape index (κ1) is 17.2. The van der Waals surface area contributed by atoms with Crippen molar-refractivity contribution in [3.05, 3.63) is 65.4 Å². The largest absolute Gasteiger partial charge is 0.493 e. The number of benzene rings is 2. The molecule has 2 heterocycles. The normalized spacial score (nSPS) is 20.9. The molecule has 5 rings (SSSR count). The summed E-state index contributed by atoms with van der Waals surface area (Å²) in [6.45, 7) is 0. The second-order valence-electron chi connectivity index (χ2n) is 7.61. The van der Waals surface area contributed by atoms with E-state index in [0.717, 1.165) is 45.7 Å². The Balaban J connectivity index is 1.77. The van der Waals surface area contributed by atoms with Crippen LogP contribution in [0.1, 0.15) is 48.3 Å². The molecule has 1 aromatic heterocycles. The lowest BCUT2D eigenvalue weighted by Crippen LogP contribution is -2.29. The third-order valence-electron chi connectivity index (χ3n) is 6.14. The molecule has 1 aliphatic carbocycles. The minimum atomic E-state index is 0.335. The summed E-state index contributed by atoms with van der Waals surface area (Å²) in [6.07, 6.45) is 6.72. The zero-order valence-electron chi connectivity index (χ0n) is 16.3. The van der Waals surface area contributed by atoms with E-state index in [2.05, 4.69) is 41.4 Å². The van der Waals surface area contributed by atoms with E-state index in [9.17, 15) is 0 Å². The highest BCUT2D eigenvalue weighted by Gasteiger charge is 2.35. The Hall–Kier alpha value is -2.88. The zero-order chi connectivity index (χ0) is 19.1. The molecule has 1 saturated carbocycles. The fourth-order valence-electron chi connectivity index (χ4n) is 4.79. The average molecular weight is 372 g/mol.